The summed E-state index contributed by atoms with van der Waals surface area (Å²) in [6.07, 6.45) is 0.295. The van der Waals surface area contributed by atoms with Crippen LogP contribution in [0, 0.1) is 0 Å². The Balaban J connectivity index is 2.07. The first-order valence-corrected chi connectivity index (χ1v) is 6.17. The summed E-state index contributed by atoms with van der Waals surface area (Å²) >= 11 is 0. The number of ether oxygens (including phenoxy) is 2. The van der Waals surface area contributed by atoms with Gasteiger partial charge in [-0.1, -0.05) is 30.3 Å². The number of nitrogens with one attached hydrogen (secondary N) is 1. The molecule has 0 fully saturated rings. The summed E-state index contributed by atoms with van der Waals surface area (Å²) in [5.74, 6) is -0.226. The van der Waals surface area contributed by atoms with Crippen LogP contribution in [0.4, 0.5) is 0 Å². The third-order valence-electron chi connectivity index (χ3n) is 2.55. The van der Waals surface area contributed by atoms with Crippen molar-refractivity contribution in [1.82, 2.24) is 5.32 Å². The Morgan fingerprint density at radius 1 is 1.33 bits per heavy atom. The van der Waals surface area contributed by atoms with Gasteiger partial charge >= 0.3 is 5.97 Å². The topological polar surface area (TPSA) is 47.6 Å². The van der Waals surface area contributed by atoms with Crippen molar-refractivity contribution in [2.24, 2.45) is 0 Å². The van der Waals surface area contributed by atoms with Crippen LogP contribution < -0.4 is 5.32 Å². The van der Waals surface area contributed by atoms with Crippen LogP contribution in [-0.2, 0) is 20.9 Å². The second-order valence-electron chi connectivity index (χ2n) is 4.16. The summed E-state index contributed by atoms with van der Waals surface area (Å²) in [7, 11) is 1.88. The quantitative estimate of drug-likeness (QED) is 0.565. The lowest BCUT2D eigenvalue weighted by Gasteiger charge is -2.10. The molecule has 0 spiro atoms. The Morgan fingerprint density at radius 3 is 2.72 bits per heavy atom. The zero-order valence-electron chi connectivity index (χ0n) is 11.0. The van der Waals surface area contributed by atoms with Gasteiger partial charge in [0.2, 0.25) is 0 Å². The molecule has 0 saturated heterocycles. The van der Waals surface area contributed by atoms with Crippen LogP contribution in [0.15, 0.2) is 30.3 Å². The predicted octanol–water partition coefficient (Wildman–Crippen LogP) is 1.74. The number of likely N-dealkylation sites (N-methyl/N-ethyl adjacent to an activating group) is 1. The highest BCUT2D eigenvalue weighted by Gasteiger charge is 2.04. The third kappa shape index (κ3) is 6.37. The smallest absolute Gasteiger partial charge is 0.308 e. The Labute approximate surface area is 108 Å². The van der Waals surface area contributed by atoms with Gasteiger partial charge in [-0.2, -0.15) is 0 Å². The molecule has 1 aromatic rings. The second kappa shape index (κ2) is 8.66. The number of esters is 1. The Morgan fingerprint density at radius 2 is 2.06 bits per heavy atom. The van der Waals surface area contributed by atoms with Crippen molar-refractivity contribution in [3.8, 4) is 0 Å². The predicted molar refractivity (Wildman–Crippen MR) is 70.2 cm³/mol. The van der Waals surface area contributed by atoms with Crippen molar-refractivity contribution in [2.75, 3.05) is 20.3 Å². The molecule has 4 heteroatoms. The number of benzene rings is 1. The van der Waals surface area contributed by atoms with E-state index < -0.39 is 0 Å². The van der Waals surface area contributed by atoms with Gasteiger partial charge in [-0.05, 0) is 19.5 Å². The van der Waals surface area contributed by atoms with Crippen molar-refractivity contribution in [1.29, 1.82) is 0 Å². The molecular formula is C14H21NO3. The van der Waals surface area contributed by atoms with Gasteiger partial charge in [0.1, 0.15) is 6.61 Å². The van der Waals surface area contributed by atoms with Gasteiger partial charge in [0.05, 0.1) is 19.6 Å². The maximum absolute atomic E-state index is 11.4. The lowest BCUT2D eigenvalue weighted by Crippen LogP contribution is -2.27. The maximum Gasteiger partial charge on any atom is 0.308 e. The molecule has 1 rings (SSSR count). The summed E-state index contributed by atoms with van der Waals surface area (Å²) in [5, 5.41) is 3.06. The fraction of sp³-hybridized carbons (Fsp3) is 0.500. The first-order valence-electron chi connectivity index (χ1n) is 6.17. The fourth-order valence-electron chi connectivity index (χ4n) is 1.31. The third-order valence-corrected chi connectivity index (χ3v) is 2.55. The van der Waals surface area contributed by atoms with E-state index in [1.165, 1.54) is 0 Å². The number of carbonyl (C=O) groups excluding carboxylic acids is 1. The Hall–Kier alpha value is -1.39. The number of carbonyl (C=O) groups is 1. The van der Waals surface area contributed by atoms with Gasteiger partial charge in [0, 0.05) is 6.04 Å². The molecule has 0 aromatic heterocycles. The second-order valence-corrected chi connectivity index (χ2v) is 4.16. The molecule has 1 aromatic carbocycles. The number of hydrogen-bond acceptors (Lipinski definition) is 4. The summed E-state index contributed by atoms with van der Waals surface area (Å²) < 4.78 is 10.5. The molecule has 0 saturated carbocycles. The van der Waals surface area contributed by atoms with Gasteiger partial charge in [0.25, 0.3) is 0 Å². The van der Waals surface area contributed by atoms with Crippen LogP contribution in [-0.4, -0.2) is 32.3 Å². The van der Waals surface area contributed by atoms with Crippen molar-refractivity contribution >= 4 is 5.97 Å². The average molecular weight is 251 g/mol. The molecule has 18 heavy (non-hydrogen) atoms. The van der Waals surface area contributed by atoms with Crippen molar-refractivity contribution < 1.29 is 14.3 Å². The minimum atomic E-state index is -0.226. The van der Waals surface area contributed by atoms with Gasteiger partial charge in [-0.3, -0.25) is 4.79 Å². The zero-order chi connectivity index (χ0) is 13.2. The highest BCUT2D eigenvalue weighted by Crippen LogP contribution is 2.01. The van der Waals surface area contributed by atoms with Crippen LogP contribution in [0.25, 0.3) is 0 Å². The van der Waals surface area contributed by atoms with E-state index in [4.69, 9.17) is 9.47 Å². The molecule has 4 nitrogen and oxygen atoms in total. The Bertz CT molecular complexity index is 340. The van der Waals surface area contributed by atoms with E-state index in [0.29, 0.717) is 32.3 Å². The molecule has 0 heterocycles. The first-order chi connectivity index (χ1) is 8.72. The number of hydrogen-bond donors (Lipinski definition) is 1. The molecule has 0 unspecified atom stereocenters. The van der Waals surface area contributed by atoms with Crippen LogP contribution in [0.3, 0.4) is 0 Å². The van der Waals surface area contributed by atoms with Crippen LogP contribution >= 0.6 is 0 Å². The standard InChI is InChI=1S/C14H21NO3/c1-12(15-2)10-17-9-8-14(16)18-11-13-6-4-3-5-7-13/h3-7,12,15H,8-11H2,1-2H3/t12-/m0/s1. The van der Waals surface area contributed by atoms with Crippen molar-refractivity contribution in [2.45, 2.75) is 26.0 Å². The number of rotatable bonds is 8. The molecule has 0 amide bonds. The summed E-state index contributed by atoms with van der Waals surface area (Å²) in [6, 6.07) is 9.93. The lowest BCUT2D eigenvalue weighted by molar-refractivity contribution is -0.146. The van der Waals surface area contributed by atoms with E-state index >= 15 is 0 Å². The minimum absolute atomic E-state index is 0.226. The van der Waals surface area contributed by atoms with Crippen molar-refractivity contribution in [3.63, 3.8) is 0 Å². The molecule has 100 valence electrons. The maximum atomic E-state index is 11.4. The monoisotopic (exact) mass is 251 g/mol. The van der Waals surface area contributed by atoms with Gasteiger partial charge in [0.15, 0.2) is 0 Å². The first kappa shape index (κ1) is 14.7. The summed E-state index contributed by atoms with van der Waals surface area (Å²) in [4.78, 5) is 11.4. The van der Waals surface area contributed by atoms with Crippen LogP contribution in [0.1, 0.15) is 18.9 Å². The molecule has 0 aliphatic rings. The fourth-order valence-corrected chi connectivity index (χ4v) is 1.31. The Kier molecular flexibility index (Phi) is 7.06. The summed E-state index contributed by atoms with van der Waals surface area (Å²) in [6.45, 7) is 3.35. The molecule has 0 aliphatic heterocycles. The van der Waals surface area contributed by atoms with E-state index in [1.54, 1.807) is 0 Å². The summed E-state index contributed by atoms with van der Waals surface area (Å²) in [5.41, 5.74) is 0.996. The normalized spacial score (nSPS) is 12.1. The van der Waals surface area contributed by atoms with E-state index in [9.17, 15) is 4.79 Å². The van der Waals surface area contributed by atoms with Crippen LogP contribution in [0.2, 0.25) is 0 Å². The highest BCUT2D eigenvalue weighted by atomic mass is 16.5. The van der Waals surface area contributed by atoms with E-state index in [1.807, 2.05) is 44.3 Å². The van der Waals surface area contributed by atoms with Gasteiger partial charge in [-0.25, -0.2) is 0 Å². The molecule has 0 radical (unpaired) electrons. The molecule has 0 bridgehead atoms. The van der Waals surface area contributed by atoms with Gasteiger partial charge in [-0.15, -0.1) is 0 Å². The van der Waals surface area contributed by atoms with Crippen LogP contribution in [0.5, 0.6) is 0 Å². The van der Waals surface area contributed by atoms with E-state index in [2.05, 4.69) is 5.32 Å². The molecule has 0 aliphatic carbocycles. The van der Waals surface area contributed by atoms with Gasteiger partial charge < -0.3 is 14.8 Å². The molecular weight excluding hydrogens is 230 g/mol. The molecule has 1 atom stereocenters. The molecule has 1 N–H and O–H groups in total. The lowest BCUT2D eigenvalue weighted by atomic mass is 10.2. The SMILES string of the molecule is CN[C@@H](C)COCCC(=O)OCc1ccccc1. The minimum Gasteiger partial charge on any atom is -0.461 e. The largest absolute Gasteiger partial charge is 0.461 e. The van der Waals surface area contributed by atoms with E-state index in [-0.39, 0.29) is 5.97 Å². The highest BCUT2D eigenvalue weighted by molar-refractivity contribution is 5.69. The van der Waals surface area contributed by atoms with E-state index in [0.717, 1.165) is 5.56 Å². The van der Waals surface area contributed by atoms with Crippen molar-refractivity contribution in [3.05, 3.63) is 35.9 Å². The zero-order valence-corrected chi connectivity index (χ0v) is 11.0. The average Bonchev–Trinajstić information content (AvgIpc) is 2.42.